The Morgan fingerprint density at radius 3 is 2.45 bits per heavy atom. The fourth-order valence-corrected chi connectivity index (χ4v) is 1.61. The molecule has 0 saturated heterocycles. The Hall–Kier alpha value is -0.630. The third kappa shape index (κ3) is 1.90. The van der Waals surface area contributed by atoms with E-state index in [1.165, 1.54) is 0 Å². The van der Waals surface area contributed by atoms with E-state index in [2.05, 4.69) is 37.7 Å². The van der Waals surface area contributed by atoms with Gasteiger partial charge in [-0.05, 0) is 6.08 Å². The van der Waals surface area contributed by atoms with Crippen LogP contribution in [0.3, 0.4) is 0 Å². The van der Waals surface area contributed by atoms with Crippen LogP contribution in [0.5, 0.6) is 0 Å². The first-order chi connectivity index (χ1) is 5.04. The van der Waals surface area contributed by atoms with Crippen LogP contribution >= 0.6 is 11.3 Å². The van der Waals surface area contributed by atoms with Crippen molar-refractivity contribution in [2.75, 3.05) is 0 Å². The Morgan fingerprint density at radius 1 is 1.55 bits per heavy atom. The molecule has 0 aliphatic heterocycles. The molecule has 0 amide bonds. The first-order valence-electron chi connectivity index (χ1n) is 3.62. The largest absolute Gasteiger partial charge is 0.241 e. The standard InChI is InChI=1S/C9H13NS/c1-5-8-10-7(6-11-8)9(2,3)4/h5-6H,1H2,2-4H3. The zero-order valence-electron chi connectivity index (χ0n) is 7.22. The molecule has 0 N–H and O–H groups in total. The van der Waals surface area contributed by atoms with E-state index in [0.29, 0.717) is 0 Å². The van der Waals surface area contributed by atoms with Gasteiger partial charge >= 0.3 is 0 Å². The molecule has 1 heterocycles. The minimum absolute atomic E-state index is 0.164. The molecule has 0 aliphatic carbocycles. The molecule has 1 aromatic rings. The van der Waals surface area contributed by atoms with Gasteiger partial charge in [0.1, 0.15) is 5.01 Å². The monoisotopic (exact) mass is 167 g/mol. The number of rotatable bonds is 1. The SMILES string of the molecule is C=Cc1nc(C(C)(C)C)cs1. The van der Waals surface area contributed by atoms with Gasteiger partial charge in [0, 0.05) is 10.8 Å². The van der Waals surface area contributed by atoms with E-state index in [1.54, 1.807) is 17.4 Å². The summed E-state index contributed by atoms with van der Waals surface area (Å²) in [6, 6.07) is 0. The molecule has 0 atom stereocenters. The van der Waals surface area contributed by atoms with Gasteiger partial charge in [-0.15, -0.1) is 11.3 Å². The Morgan fingerprint density at radius 2 is 2.18 bits per heavy atom. The van der Waals surface area contributed by atoms with Gasteiger partial charge in [-0.3, -0.25) is 0 Å². The lowest BCUT2D eigenvalue weighted by atomic mass is 9.93. The zero-order chi connectivity index (χ0) is 8.48. The summed E-state index contributed by atoms with van der Waals surface area (Å²) in [5.74, 6) is 0. The third-order valence-electron chi connectivity index (χ3n) is 1.46. The van der Waals surface area contributed by atoms with Crippen LogP contribution in [0, 0.1) is 0 Å². The van der Waals surface area contributed by atoms with E-state index < -0.39 is 0 Å². The number of thiazole rings is 1. The molecule has 0 fully saturated rings. The highest BCUT2D eigenvalue weighted by molar-refractivity contribution is 7.10. The summed E-state index contributed by atoms with van der Waals surface area (Å²) in [6.07, 6.45) is 1.79. The molecule has 0 aliphatic rings. The molecule has 0 radical (unpaired) electrons. The highest BCUT2D eigenvalue weighted by atomic mass is 32.1. The highest BCUT2D eigenvalue weighted by Gasteiger charge is 2.16. The highest BCUT2D eigenvalue weighted by Crippen LogP contribution is 2.23. The molecular weight excluding hydrogens is 154 g/mol. The van der Waals surface area contributed by atoms with Crippen LogP contribution in [0.1, 0.15) is 31.5 Å². The van der Waals surface area contributed by atoms with E-state index in [4.69, 9.17) is 0 Å². The lowest BCUT2D eigenvalue weighted by molar-refractivity contribution is 0.573. The maximum Gasteiger partial charge on any atom is 0.115 e. The lowest BCUT2D eigenvalue weighted by Crippen LogP contribution is -2.11. The molecule has 0 bridgehead atoms. The van der Waals surface area contributed by atoms with Gasteiger partial charge in [-0.25, -0.2) is 4.98 Å². The van der Waals surface area contributed by atoms with Gasteiger partial charge in [0.15, 0.2) is 0 Å². The summed E-state index contributed by atoms with van der Waals surface area (Å²) in [5, 5.41) is 3.10. The van der Waals surface area contributed by atoms with Crippen LogP contribution in [-0.4, -0.2) is 4.98 Å². The smallest absolute Gasteiger partial charge is 0.115 e. The normalized spacial score (nSPS) is 11.5. The molecule has 11 heavy (non-hydrogen) atoms. The number of aromatic nitrogens is 1. The summed E-state index contributed by atoms with van der Waals surface area (Å²) in [6.45, 7) is 10.2. The van der Waals surface area contributed by atoms with Crippen LogP contribution in [-0.2, 0) is 5.41 Å². The van der Waals surface area contributed by atoms with Gasteiger partial charge in [-0.1, -0.05) is 27.4 Å². The summed E-state index contributed by atoms with van der Waals surface area (Å²) in [4.78, 5) is 4.40. The van der Waals surface area contributed by atoms with Crippen molar-refractivity contribution >= 4 is 17.4 Å². The molecule has 0 spiro atoms. The summed E-state index contributed by atoms with van der Waals surface area (Å²) < 4.78 is 0. The Balaban J connectivity index is 2.98. The van der Waals surface area contributed by atoms with Crippen LogP contribution in [0.25, 0.3) is 6.08 Å². The minimum Gasteiger partial charge on any atom is -0.241 e. The summed E-state index contributed by atoms with van der Waals surface area (Å²) >= 11 is 1.65. The van der Waals surface area contributed by atoms with Crippen molar-refractivity contribution in [3.05, 3.63) is 22.7 Å². The van der Waals surface area contributed by atoms with Gasteiger partial charge < -0.3 is 0 Å². The van der Waals surface area contributed by atoms with Crippen molar-refractivity contribution in [1.82, 2.24) is 4.98 Å². The maximum atomic E-state index is 4.40. The van der Waals surface area contributed by atoms with Gasteiger partial charge in [0.2, 0.25) is 0 Å². The molecular formula is C9H13NS. The topological polar surface area (TPSA) is 12.9 Å². The number of hydrogen-bond acceptors (Lipinski definition) is 2. The lowest BCUT2D eigenvalue weighted by Gasteiger charge is -2.13. The Kier molecular flexibility index (Phi) is 2.14. The third-order valence-corrected chi connectivity index (χ3v) is 2.31. The minimum atomic E-state index is 0.164. The zero-order valence-corrected chi connectivity index (χ0v) is 8.03. The van der Waals surface area contributed by atoms with Gasteiger partial charge in [0.25, 0.3) is 0 Å². The molecule has 0 aromatic carbocycles. The first-order valence-corrected chi connectivity index (χ1v) is 4.50. The first kappa shape index (κ1) is 8.47. The van der Waals surface area contributed by atoms with Crippen molar-refractivity contribution < 1.29 is 0 Å². The maximum absolute atomic E-state index is 4.40. The summed E-state index contributed by atoms with van der Waals surface area (Å²) in [7, 11) is 0. The predicted molar refractivity (Wildman–Crippen MR) is 50.9 cm³/mol. The fraction of sp³-hybridized carbons (Fsp3) is 0.444. The van der Waals surface area contributed by atoms with Crippen LogP contribution in [0.2, 0.25) is 0 Å². The van der Waals surface area contributed by atoms with Crippen molar-refractivity contribution in [3.8, 4) is 0 Å². The molecule has 1 aromatic heterocycles. The van der Waals surface area contributed by atoms with Crippen molar-refractivity contribution in [3.63, 3.8) is 0 Å². The second kappa shape index (κ2) is 2.78. The number of nitrogens with zero attached hydrogens (tertiary/aromatic N) is 1. The second-order valence-electron chi connectivity index (χ2n) is 3.53. The quantitative estimate of drug-likeness (QED) is 0.626. The van der Waals surface area contributed by atoms with E-state index in [0.717, 1.165) is 10.7 Å². The predicted octanol–water partition coefficient (Wildman–Crippen LogP) is 3.08. The molecule has 1 rings (SSSR count). The van der Waals surface area contributed by atoms with Gasteiger partial charge in [-0.2, -0.15) is 0 Å². The molecule has 2 heteroatoms. The second-order valence-corrected chi connectivity index (χ2v) is 4.41. The average molecular weight is 167 g/mol. The fourth-order valence-electron chi connectivity index (χ4n) is 0.726. The summed E-state index contributed by atoms with van der Waals surface area (Å²) in [5.41, 5.74) is 1.31. The van der Waals surface area contributed by atoms with Crippen molar-refractivity contribution in [2.24, 2.45) is 0 Å². The molecule has 0 saturated carbocycles. The van der Waals surface area contributed by atoms with Crippen LogP contribution in [0.4, 0.5) is 0 Å². The molecule has 60 valence electrons. The van der Waals surface area contributed by atoms with Crippen LogP contribution in [0.15, 0.2) is 12.0 Å². The van der Waals surface area contributed by atoms with E-state index >= 15 is 0 Å². The van der Waals surface area contributed by atoms with E-state index in [-0.39, 0.29) is 5.41 Å². The van der Waals surface area contributed by atoms with E-state index in [9.17, 15) is 0 Å². The Bertz CT molecular complexity index is 255. The average Bonchev–Trinajstić information content (AvgIpc) is 2.32. The van der Waals surface area contributed by atoms with Crippen molar-refractivity contribution in [1.29, 1.82) is 0 Å². The Labute approximate surface area is 71.8 Å². The van der Waals surface area contributed by atoms with E-state index in [1.807, 2.05) is 0 Å². The molecule has 0 unspecified atom stereocenters. The van der Waals surface area contributed by atoms with Crippen LogP contribution < -0.4 is 0 Å². The molecule has 1 nitrogen and oxygen atoms in total. The van der Waals surface area contributed by atoms with Crippen molar-refractivity contribution in [2.45, 2.75) is 26.2 Å². The number of hydrogen-bond donors (Lipinski definition) is 0. The van der Waals surface area contributed by atoms with Gasteiger partial charge in [0.05, 0.1) is 5.69 Å².